The molecular formula is C20H21ClN6O2. The second-order valence-electron chi connectivity index (χ2n) is 6.82. The van der Waals surface area contributed by atoms with Crippen molar-refractivity contribution in [3.63, 3.8) is 0 Å². The van der Waals surface area contributed by atoms with Crippen molar-refractivity contribution in [2.24, 2.45) is 0 Å². The minimum Gasteiger partial charge on any atom is -0.495 e. The van der Waals surface area contributed by atoms with Crippen LogP contribution in [0, 0.1) is 0 Å². The van der Waals surface area contributed by atoms with Gasteiger partial charge in [-0.2, -0.15) is 15.0 Å². The number of methoxy groups -OCH3 is 1. The Kier molecular flexibility index (Phi) is 5.62. The summed E-state index contributed by atoms with van der Waals surface area (Å²) in [4.78, 5) is 18.8. The molecule has 8 nitrogen and oxygen atoms in total. The van der Waals surface area contributed by atoms with Crippen LogP contribution in [0.25, 0.3) is 5.69 Å². The van der Waals surface area contributed by atoms with E-state index in [9.17, 15) is 4.79 Å². The lowest BCUT2D eigenvalue weighted by Gasteiger charge is -2.23. The van der Waals surface area contributed by atoms with Crippen LogP contribution in [0.1, 0.15) is 29.6 Å². The second-order valence-corrected chi connectivity index (χ2v) is 7.26. The van der Waals surface area contributed by atoms with E-state index in [4.69, 9.17) is 16.3 Å². The lowest BCUT2D eigenvalue weighted by molar-refractivity contribution is 0.0935. The van der Waals surface area contributed by atoms with Gasteiger partial charge in [0, 0.05) is 17.1 Å². The molecule has 1 fully saturated rings. The minimum atomic E-state index is -0.207. The van der Waals surface area contributed by atoms with E-state index in [0.717, 1.165) is 25.1 Å². The van der Waals surface area contributed by atoms with Crippen molar-refractivity contribution in [3.8, 4) is 11.4 Å². The average molecular weight is 413 g/mol. The van der Waals surface area contributed by atoms with Gasteiger partial charge in [-0.15, -0.1) is 0 Å². The summed E-state index contributed by atoms with van der Waals surface area (Å²) < 4.78 is 5.14. The standard InChI is InChI=1S/C20H21ClN6O2/c1-29-14-6-8-19(22-12-14)25-16-3-2-4-17(16)26-20(28)15-11-13(21)5-7-18(15)27-23-9-10-24-27/h5-12,16-17H,2-4H2,1H3,(H,22,25)(H,26,28)/t16-,17-/m0/s1. The SMILES string of the molecule is COc1ccc(N[C@H]2CCC[C@@H]2NC(=O)c2cc(Cl)ccc2-n2nccn2)nc1. The topological polar surface area (TPSA) is 94.0 Å². The maximum absolute atomic E-state index is 13.1. The Bertz CT molecular complexity index is 977. The molecular weight excluding hydrogens is 392 g/mol. The number of aromatic nitrogens is 4. The fourth-order valence-electron chi connectivity index (χ4n) is 3.53. The van der Waals surface area contributed by atoms with Crippen molar-refractivity contribution < 1.29 is 9.53 Å². The van der Waals surface area contributed by atoms with Gasteiger partial charge >= 0.3 is 0 Å². The fourth-order valence-corrected chi connectivity index (χ4v) is 3.70. The Morgan fingerprint density at radius 1 is 1.17 bits per heavy atom. The number of nitrogens with one attached hydrogen (secondary N) is 2. The molecule has 0 aliphatic heterocycles. The number of benzene rings is 1. The van der Waals surface area contributed by atoms with Gasteiger partial charge in [0.2, 0.25) is 0 Å². The summed E-state index contributed by atoms with van der Waals surface area (Å²) in [6.07, 6.45) is 7.64. The van der Waals surface area contributed by atoms with Gasteiger partial charge in [-0.1, -0.05) is 11.6 Å². The third kappa shape index (κ3) is 4.32. The molecule has 1 aliphatic rings. The highest BCUT2D eigenvalue weighted by Gasteiger charge is 2.30. The zero-order valence-corrected chi connectivity index (χ0v) is 16.6. The summed E-state index contributed by atoms with van der Waals surface area (Å²) in [6.45, 7) is 0. The number of halogens is 1. The fraction of sp³-hybridized carbons (Fsp3) is 0.300. The van der Waals surface area contributed by atoms with E-state index in [1.54, 1.807) is 43.9 Å². The molecule has 1 amide bonds. The van der Waals surface area contributed by atoms with E-state index in [-0.39, 0.29) is 18.0 Å². The molecule has 1 aliphatic carbocycles. The predicted octanol–water partition coefficient (Wildman–Crippen LogP) is 3.09. The van der Waals surface area contributed by atoms with E-state index in [1.165, 1.54) is 4.80 Å². The maximum atomic E-state index is 13.1. The maximum Gasteiger partial charge on any atom is 0.253 e. The normalized spacial score (nSPS) is 18.4. The summed E-state index contributed by atoms with van der Waals surface area (Å²) in [5.41, 5.74) is 1.01. The number of rotatable bonds is 6. The van der Waals surface area contributed by atoms with Gasteiger partial charge in [0.15, 0.2) is 0 Å². The van der Waals surface area contributed by atoms with Crippen LogP contribution < -0.4 is 15.4 Å². The van der Waals surface area contributed by atoms with Crippen LogP contribution in [-0.2, 0) is 0 Å². The van der Waals surface area contributed by atoms with E-state index < -0.39 is 0 Å². The molecule has 0 unspecified atom stereocenters. The second kappa shape index (κ2) is 8.48. The molecule has 2 N–H and O–H groups in total. The van der Waals surface area contributed by atoms with Crippen LogP contribution in [0.3, 0.4) is 0 Å². The van der Waals surface area contributed by atoms with Gasteiger partial charge in [-0.25, -0.2) is 4.98 Å². The summed E-state index contributed by atoms with van der Waals surface area (Å²) in [5.74, 6) is 1.25. The summed E-state index contributed by atoms with van der Waals surface area (Å²) in [7, 11) is 1.61. The minimum absolute atomic E-state index is 0.0242. The Hall–Kier alpha value is -3.13. The van der Waals surface area contributed by atoms with Crippen LogP contribution >= 0.6 is 11.6 Å². The first-order chi connectivity index (χ1) is 14.1. The van der Waals surface area contributed by atoms with Crippen LogP contribution in [0.2, 0.25) is 5.02 Å². The third-order valence-corrected chi connectivity index (χ3v) is 5.21. The van der Waals surface area contributed by atoms with Gasteiger partial charge < -0.3 is 15.4 Å². The molecule has 150 valence electrons. The van der Waals surface area contributed by atoms with Gasteiger partial charge in [0.25, 0.3) is 5.91 Å². The van der Waals surface area contributed by atoms with E-state index in [2.05, 4.69) is 25.8 Å². The molecule has 4 rings (SSSR count). The highest BCUT2D eigenvalue weighted by atomic mass is 35.5. The molecule has 0 bridgehead atoms. The molecule has 2 atom stereocenters. The van der Waals surface area contributed by atoms with Crippen LogP contribution in [-0.4, -0.2) is 45.1 Å². The Balaban J connectivity index is 1.49. The van der Waals surface area contributed by atoms with Crippen LogP contribution in [0.15, 0.2) is 48.9 Å². The Morgan fingerprint density at radius 2 is 1.97 bits per heavy atom. The first kappa shape index (κ1) is 19.2. The monoisotopic (exact) mass is 412 g/mol. The van der Waals surface area contributed by atoms with Crippen LogP contribution in [0.5, 0.6) is 5.75 Å². The predicted molar refractivity (Wildman–Crippen MR) is 110 cm³/mol. The van der Waals surface area contributed by atoms with Crippen molar-refractivity contribution in [2.75, 3.05) is 12.4 Å². The zero-order valence-electron chi connectivity index (χ0n) is 15.9. The molecule has 2 aromatic heterocycles. The lowest BCUT2D eigenvalue weighted by atomic mass is 10.1. The lowest BCUT2D eigenvalue weighted by Crippen LogP contribution is -2.43. The molecule has 3 aromatic rings. The first-order valence-corrected chi connectivity index (χ1v) is 9.75. The Labute approximate surface area is 173 Å². The quantitative estimate of drug-likeness (QED) is 0.646. The first-order valence-electron chi connectivity index (χ1n) is 9.38. The third-order valence-electron chi connectivity index (χ3n) is 4.98. The smallest absolute Gasteiger partial charge is 0.253 e. The Morgan fingerprint density at radius 3 is 2.69 bits per heavy atom. The van der Waals surface area contributed by atoms with Crippen molar-refractivity contribution >= 4 is 23.3 Å². The number of carbonyl (C=O) groups is 1. The number of pyridine rings is 1. The highest BCUT2D eigenvalue weighted by molar-refractivity contribution is 6.31. The zero-order chi connectivity index (χ0) is 20.2. The molecule has 9 heteroatoms. The molecule has 0 spiro atoms. The molecule has 0 radical (unpaired) electrons. The van der Waals surface area contributed by atoms with Crippen molar-refractivity contribution in [1.82, 2.24) is 25.3 Å². The molecule has 1 saturated carbocycles. The van der Waals surface area contributed by atoms with Crippen molar-refractivity contribution in [3.05, 3.63) is 59.5 Å². The van der Waals surface area contributed by atoms with E-state index in [0.29, 0.717) is 22.0 Å². The molecule has 0 saturated heterocycles. The van der Waals surface area contributed by atoms with E-state index >= 15 is 0 Å². The number of carbonyl (C=O) groups excluding carboxylic acids is 1. The largest absolute Gasteiger partial charge is 0.495 e. The highest BCUT2D eigenvalue weighted by Crippen LogP contribution is 2.25. The van der Waals surface area contributed by atoms with Crippen molar-refractivity contribution in [1.29, 1.82) is 0 Å². The molecule has 1 aromatic carbocycles. The summed E-state index contributed by atoms with van der Waals surface area (Å²) >= 11 is 6.14. The number of amides is 1. The number of anilines is 1. The molecule has 2 heterocycles. The van der Waals surface area contributed by atoms with E-state index in [1.807, 2.05) is 12.1 Å². The van der Waals surface area contributed by atoms with Gasteiger partial charge in [0.05, 0.1) is 37.0 Å². The van der Waals surface area contributed by atoms with Gasteiger partial charge in [-0.05, 0) is 49.6 Å². The van der Waals surface area contributed by atoms with Gasteiger partial charge in [0.1, 0.15) is 11.6 Å². The number of hydrogen-bond donors (Lipinski definition) is 2. The number of ether oxygens (including phenoxy) is 1. The van der Waals surface area contributed by atoms with Crippen LogP contribution in [0.4, 0.5) is 5.82 Å². The summed E-state index contributed by atoms with van der Waals surface area (Å²) in [5, 5.41) is 15.3. The van der Waals surface area contributed by atoms with Crippen molar-refractivity contribution in [2.45, 2.75) is 31.3 Å². The van der Waals surface area contributed by atoms with Gasteiger partial charge in [-0.3, -0.25) is 4.79 Å². The average Bonchev–Trinajstić information content (AvgIpc) is 3.41. The number of hydrogen-bond acceptors (Lipinski definition) is 6. The number of nitrogens with zero attached hydrogens (tertiary/aromatic N) is 4. The molecule has 29 heavy (non-hydrogen) atoms. The summed E-state index contributed by atoms with van der Waals surface area (Å²) in [6, 6.07) is 8.88.